The first kappa shape index (κ1) is 23.9. The Balaban J connectivity index is 1.38. The van der Waals surface area contributed by atoms with E-state index in [9.17, 15) is 9.59 Å². The van der Waals surface area contributed by atoms with Crippen LogP contribution in [0, 0.1) is 0 Å². The SMILES string of the molecule is COc1cc(/C=C/C(=O)NCc2cccc(-c3nc(-c4ccccc4)cs3)c2)ccc1OC(C)=O. The molecule has 0 saturated heterocycles. The van der Waals surface area contributed by atoms with Crippen molar-refractivity contribution in [3.8, 4) is 33.3 Å². The zero-order valence-electron chi connectivity index (χ0n) is 19.4. The number of ether oxygens (including phenoxy) is 2. The van der Waals surface area contributed by atoms with Gasteiger partial charge in [-0.2, -0.15) is 0 Å². The molecule has 0 aliphatic carbocycles. The lowest BCUT2D eigenvalue weighted by molar-refractivity contribution is -0.132. The van der Waals surface area contributed by atoms with Crippen molar-refractivity contribution in [2.24, 2.45) is 0 Å². The van der Waals surface area contributed by atoms with E-state index in [1.54, 1.807) is 35.6 Å². The number of benzene rings is 3. The highest BCUT2D eigenvalue weighted by Crippen LogP contribution is 2.30. The van der Waals surface area contributed by atoms with Crippen molar-refractivity contribution in [2.75, 3.05) is 7.11 Å². The maximum absolute atomic E-state index is 12.4. The van der Waals surface area contributed by atoms with Crippen molar-refractivity contribution >= 4 is 29.3 Å². The molecule has 4 rings (SSSR count). The lowest BCUT2D eigenvalue weighted by Crippen LogP contribution is -2.20. The summed E-state index contributed by atoms with van der Waals surface area (Å²) < 4.78 is 10.4. The first-order valence-corrected chi connectivity index (χ1v) is 11.8. The van der Waals surface area contributed by atoms with Gasteiger partial charge < -0.3 is 14.8 Å². The van der Waals surface area contributed by atoms with Gasteiger partial charge in [0.25, 0.3) is 0 Å². The number of amides is 1. The van der Waals surface area contributed by atoms with Crippen molar-refractivity contribution in [3.63, 3.8) is 0 Å². The molecule has 0 aliphatic heterocycles. The fourth-order valence-corrected chi connectivity index (χ4v) is 4.24. The van der Waals surface area contributed by atoms with Gasteiger partial charge in [-0.3, -0.25) is 9.59 Å². The number of rotatable bonds is 8. The average Bonchev–Trinajstić information content (AvgIpc) is 3.38. The van der Waals surface area contributed by atoms with E-state index < -0.39 is 5.97 Å². The fourth-order valence-electron chi connectivity index (χ4n) is 3.41. The molecule has 0 atom stereocenters. The summed E-state index contributed by atoms with van der Waals surface area (Å²) in [6.45, 7) is 1.72. The summed E-state index contributed by atoms with van der Waals surface area (Å²) in [6, 6.07) is 23.1. The number of carbonyl (C=O) groups is 2. The topological polar surface area (TPSA) is 77.5 Å². The van der Waals surface area contributed by atoms with Crippen molar-refractivity contribution in [1.29, 1.82) is 0 Å². The minimum Gasteiger partial charge on any atom is -0.493 e. The Bertz CT molecular complexity index is 1360. The highest BCUT2D eigenvalue weighted by Gasteiger charge is 2.09. The Morgan fingerprint density at radius 3 is 2.54 bits per heavy atom. The van der Waals surface area contributed by atoms with Crippen LogP contribution in [-0.4, -0.2) is 24.0 Å². The largest absolute Gasteiger partial charge is 0.493 e. The van der Waals surface area contributed by atoms with Crippen LogP contribution < -0.4 is 14.8 Å². The summed E-state index contributed by atoms with van der Waals surface area (Å²) in [5.41, 5.74) is 4.77. The zero-order valence-corrected chi connectivity index (χ0v) is 20.2. The molecular formula is C28H24N2O4S. The smallest absolute Gasteiger partial charge is 0.308 e. The van der Waals surface area contributed by atoms with Crippen LogP contribution in [0.1, 0.15) is 18.1 Å². The van der Waals surface area contributed by atoms with Crippen LogP contribution in [0.4, 0.5) is 0 Å². The molecule has 1 heterocycles. The fraction of sp³-hybridized carbons (Fsp3) is 0.107. The van der Waals surface area contributed by atoms with Gasteiger partial charge in [-0.15, -0.1) is 11.3 Å². The van der Waals surface area contributed by atoms with Gasteiger partial charge in [0.1, 0.15) is 5.01 Å². The molecule has 0 bridgehead atoms. The monoisotopic (exact) mass is 484 g/mol. The highest BCUT2D eigenvalue weighted by molar-refractivity contribution is 7.13. The van der Waals surface area contributed by atoms with Crippen LogP contribution in [0.2, 0.25) is 0 Å². The molecule has 1 aromatic heterocycles. The molecule has 0 saturated carbocycles. The molecule has 0 spiro atoms. The first-order chi connectivity index (χ1) is 17.0. The Kier molecular flexibility index (Phi) is 7.70. The summed E-state index contributed by atoms with van der Waals surface area (Å²) in [4.78, 5) is 28.3. The number of hydrogen-bond donors (Lipinski definition) is 1. The number of nitrogens with zero attached hydrogens (tertiary/aromatic N) is 1. The number of thiazole rings is 1. The van der Waals surface area contributed by atoms with Crippen LogP contribution in [0.15, 0.2) is 84.3 Å². The third-order valence-electron chi connectivity index (χ3n) is 5.08. The minimum atomic E-state index is -0.429. The van der Waals surface area contributed by atoms with Gasteiger partial charge in [0.05, 0.1) is 12.8 Å². The average molecular weight is 485 g/mol. The van der Waals surface area contributed by atoms with Gasteiger partial charge in [-0.25, -0.2) is 4.98 Å². The van der Waals surface area contributed by atoms with Crippen LogP contribution in [0.3, 0.4) is 0 Å². The molecule has 0 radical (unpaired) electrons. The van der Waals surface area contributed by atoms with E-state index >= 15 is 0 Å². The normalized spacial score (nSPS) is 10.8. The Morgan fingerprint density at radius 2 is 1.77 bits per heavy atom. The van der Waals surface area contributed by atoms with Gasteiger partial charge in [0.15, 0.2) is 11.5 Å². The van der Waals surface area contributed by atoms with E-state index in [0.717, 1.165) is 33.0 Å². The number of hydrogen-bond acceptors (Lipinski definition) is 6. The van der Waals surface area contributed by atoms with E-state index in [2.05, 4.69) is 10.7 Å². The van der Waals surface area contributed by atoms with E-state index in [-0.39, 0.29) is 5.91 Å². The van der Waals surface area contributed by atoms with Gasteiger partial charge in [0.2, 0.25) is 5.91 Å². The second-order valence-corrected chi connectivity index (χ2v) is 8.52. The summed E-state index contributed by atoms with van der Waals surface area (Å²) in [5.74, 6) is 0.0929. The Hall–Kier alpha value is -4.23. The van der Waals surface area contributed by atoms with Gasteiger partial charge in [-0.1, -0.05) is 54.6 Å². The summed E-state index contributed by atoms with van der Waals surface area (Å²) >= 11 is 1.60. The van der Waals surface area contributed by atoms with E-state index in [4.69, 9.17) is 14.5 Å². The summed E-state index contributed by atoms with van der Waals surface area (Å²) in [6.07, 6.45) is 3.13. The molecule has 6 nitrogen and oxygen atoms in total. The van der Waals surface area contributed by atoms with E-state index in [0.29, 0.717) is 18.0 Å². The number of esters is 1. The van der Waals surface area contributed by atoms with Gasteiger partial charge in [0, 0.05) is 36.1 Å². The van der Waals surface area contributed by atoms with Crippen LogP contribution in [0.5, 0.6) is 11.5 Å². The van der Waals surface area contributed by atoms with Crippen LogP contribution >= 0.6 is 11.3 Å². The molecule has 176 valence electrons. The maximum Gasteiger partial charge on any atom is 0.308 e. The molecule has 0 unspecified atom stereocenters. The third-order valence-corrected chi connectivity index (χ3v) is 5.97. The van der Waals surface area contributed by atoms with Crippen molar-refractivity contribution in [2.45, 2.75) is 13.5 Å². The Morgan fingerprint density at radius 1 is 0.971 bits per heavy atom. The highest BCUT2D eigenvalue weighted by atomic mass is 32.1. The lowest BCUT2D eigenvalue weighted by Gasteiger charge is -2.08. The third kappa shape index (κ3) is 6.43. The lowest BCUT2D eigenvalue weighted by atomic mass is 10.1. The molecular weight excluding hydrogens is 460 g/mol. The molecule has 7 heteroatoms. The predicted octanol–water partition coefficient (Wildman–Crippen LogP) is 5.74. The van der Waals surface area contributed by atoms with Gasteiger partial charge in [-0.05, 0) is 35.4 Å². The van der Waals surface area contributed by atoms with Crippen LogP contribution in [-0.2, 0) is 16.1 Å². The van der Waals surface area contributed by atoms with Crippen LogP contribution in [0.25, 0.3) is 27.9 Å². The van der Waals surface area contributed by atoms with E-state index in [1.807, 2.05) is 54.6 Å². The Labute approximate surface area is 207 Å². The predicted molar refractivity (Wildman–Crippen MR) is 138 cm³/mol. The zero-order chi connectivity index (χ0) is 24.6. The molecule has 4 aromatic rings. The number of methoxy groups -OCH3 is 1. The number of carbonyl (C=O) groups excluding carboxylic acids is 2. The molecule has 35 heavy (non-hydrogen) atoms. The first-order valence-electron chi connectivity index (χ1n) is 10.9. The standard InChI is InChI=1S/C28H24N2O4S/c1-19(31)34-25-13-11-20(16-26(25)33-2)12-14-27(32)29-17-21-7-6-10-23(15-21)28-30-24(18-35-28)22-8-4-3-5-9-22/h3-16,18H,17H2,1-2H3,(H,29,32)/b14-12+. The minimum absolute atomic E-state index is 0.223. The molecule has 0 fully saturated rings. The quantitative estimate of drug-likeness (QED) is 0.196. The van der Waals surface area contributed by atoms with E-state index in [1.165, 1.54) is 20.1 Å². The molecule has 1 N–H and O–H groups in total. The maximum atomic E-state index is 12.4. The van der Waals surface area contributed by atoms with Crippen molar-refractivity contribution in [1.82, 2.24) is 10.3 Å². The number of aromatic nitrogens is 1. The molecule has 3 aromatic carbocycles. The summed E-state index contributed by atoms with van der Waals surface area (Å²) in [5, 5.41) is 5.89. The molecule has 0 aliphatic rings. The van der Waals surface area contributed by atoms with Crippen molar-refractivity contribution in [3.05, 3.63) is 95.4 Å². The molecule has 1 amide bonds. The second kappa shape index (κ2) is 11.3. The number of nitrogens with one attached hydrogen (secondary N) is 1. The van der Waals surface area contributed by atoms with Crippen molar-refractivity contribution < 1.29 is 19.1 Å². The summed E-state index contributed by atoms with van der Waals surface area (Å²) in [7, 11) is 1.49. The van der Waals surface area contributed by atoms with Gasteiger partial charge >= 0.3 is 5.97 Å². The second-order valence-electron chi connectivity index (χ2n) is 7.66.